The van der Waals surface area contributed by atoms with E-state index in [9.17, 15) is 4.79 Å². The minimum atomic E-state index is -0.249. The average Bonchev–Trinajstić information content (AvgIpc) is 3.01. The number of carbonyl (C=O) groups is 1. The lowest BCUT2D eigenvalue weighted by Gasteiger charge is -2.14. The number of furan rings is 1. The Kier molecular flexibility index (Phi) is 4.12. The highest BCUT2D eigenvalue weighted by Crippen LogP contribution is 2.25. The SMILES string of the molecule is Cc1occc1SCCC(NC1CC1)C(N)=O. The smallest absolute Gasteiger partial charge is 0.234 e. The van der Waals surface area contributed by atoms with Crippen LogP contribution < -0.4 is 11.1 Å². The second-order valence-corrected chi connectivity index (χ2v) is 5.51. The van der Waals surface area contributed by atoms with Crippen LogP contribution in [0.5, 0.6) is 0 Å². The van der Waals surface area contributed by atoms with Crippen LogP contribution in [0, 0.1) is 6.92 Å². The third kappa shape index (κ3) is 3.78. The summed E-state index contributed by atoms with van der Waals surface area (Å²) in [5, 5.41) is 3.27. The van der Waals surface area contributed by atoms with Crippen molar-refractivity contribution in [2.24, 2.45) is 5.73 Å². The zero-order valence-corrected chi connectivity index (χ0v) is 10.8. The molecule has 1 unspecified atom stereocenters. The van der Waals surface area contributed by atoms with Crippen LogP contribution in [0.25, 0.3) is 0 Å². The van der Waals surface area contributed by atoms with E-state index in [4.69, 9.17) is 10.2 Å². The van der Waals surface area contributed by atoms with Crippen molar-refractivity contribution in [2.45, 2.75) is 43.2 Å². The molecule has 0 aromatic carbocycles. The normalized spacial score (nSPS) is 17.0. The lowest BCUT2D eigenvalue weighted by molar-refractivity contribution is -0.120. The molecule has 1 aromatic heterocycles. The molecule has 17 heavy (non-hydrogen) atoms. The maximum Gasteiger partial charge on any atom is 0.234 e. The van der Waals surface area contributed by atoms with Gasteiger partial charge in [0.2, 0.25) is 5.91 Å². The number of nitrogens with two attached hydrogens (primary N) is 1. The summed E-state index contributed by atoms with van der Waals surface area (Å²) in [5.41, 5.74) is 5.37. The molecule has 0 spiro atoms. The molecule has 3 N–H and O–H groups in total. The van der Waals surface area contributed by atoms with Crippen LogP contribution in [-0.2, 0) is 4.79 Å². The summed E-state index contributed by atoms with van der Waals surface area (Å²) < 4.78 is 5.22. The largest absolute Gasteiger partial charge is 0.468 e. The summed E-state index contributed by atoms with van der Waals surface area (Å²) in [6, 6.07) is 2.27. The number of rotatable bonds is 7. The Hall–Kier alpha value is -0.940. The summed E-state index contributed by atoms with van der Waals surface area (Å²) >= 11 is 1.71. The highest BCUT2D eigenvalue weighted by Gasteiger charge is 2.26. The molecule has 2 rings (SSSR count). The molecular formula is C12H18N2O2S. The first-order chi connectivity index (χ1) is 8.16. The van der Waals surface area contributed by atoms with Crippen LogP contribution in [0.3, 0.4) is 0 Å². The Morgan fingerprint density at radius 3 is 3.00 bits per heavy atom. The van der Waals surface area contributed by atoms with Crippen molar-refractivity contribution in [1.29, 1.82) is 0 Å². The van der Waals surface area contributed by atoms with E-state index in [0.29, 0.717) is 6.04 Å². The van der Waals surface area contributed by atoms with Gasteiger partial charge in [-0.25, -0.2) is 0 Å². The van der Waals surface area contributed by atoms with Crippen LogP contribution in [-0.4, -0.2) is 23.7 Å². The van der Waals surface area contributed by atoms with E-state index in [2.05, 4.69) is 5.32 Å². The maximum absolute atomic E-state index is 11.3. The molecule has 5 heteroatoms. The predicted octanol–water partition coefficient (Wildman–Crippen LogP) is 1.68. The van der Waals surface area contributed by atoms with Gasteiger partial charge in [-0.3, -0.25) is 4.79 Å². The number of hydrogen-bond donors (Lipinski definition) is 2. The van der Waals surface area contributed by atoms with Crippen molar-refractivity contribution >= 4 is 17.7 Å². The fourth-order valence-electron chi connectivity index (χ4n) is 1.65. The Morgan fingerprint density at radius 2 is 2.47 bits per heavy atom. The Labute approximate surface area is 105 Å². The van der Waals surface area contributed by atoms with Gasteiger partial charge in [-0.05, 0) is 32.3 Å². The van der Waals surface area contributed by atoms with Gasteiger partial charge in [-0.1, -0.05) is 0 Å². The van der Waals surface area contributed by atoms with Gasteiger partial charge in [0, 0.05) is 16.7 Å². The van der Waals surface area contributed by atoms with Crippen LogP contribution >= 0.6 is 11.8 Å². The van der Waals surface area contributed by atoms with E-state index in [1.165, 1.54) is 0 Å². The number of aryl methyl sites for hydroxylation is 1. The summed E-state index contributed by atoms with van der Waals surface area (Å²) in [6.07, 6.45) is 4.78. The topological polar surface area (TPSA) is 68.3 Å². The quantitative estimate of drug-likeness (QED) is 0.726. The van der Waals surface area contributed by atoms with Gasteiger partial charge in [-0.2, -0.15) is 0 Å². The van der Waals surface area contributed by atoms with E-state index in [0.717, 1.165) is 35.7 Å². The zero-order valence-electron chi connectivity index (χ0n) is 9.94. The number of thioether (sulfide) groups is 1. The van der Waals surface area contributed by atoms with E-state index in [1.807, 2.05) is 13.0 Å². The molecule has 1 aliphatic carbocycles. The standard InChI is InChI=1S/C12H18N2O2S/c1-8-11(4-6-16-8)17-7-5-10(12(13)15)14-9-2-3-9/h4,6,9-10,14H,2-3,5,7H2,1H3,(H2,13,15). The first-order valence-electron chi connectivity index (χ1n) is 5.89. The number of primary amides is 1. The Balaban J connectivity index is 1.75. The van der Waals surface area contributed by atoms with Gasteiger partial charge in [0.1, 0.15) is 5.76 Å². The van der Waals surface area contributed by atoms with Gasteiger partial charge >= 0.3 is 0 Å². The first kappa shape index (κ1) is 12.5. The second-order valence-electron chi connectivity index (χ2n) is 4.37. The number of amides is 1. The van der Waals surface area contributed by atoms with Crippen LogP contribution in [0.15, 0.2) is 21.6 Å². The highest BCUT2D eigenvalue weighted by molar-refractivity contribution is 7.99. The fraction of sp³-hybridized carbons (Fsp3) is 0.583. The first-order valence-corrected chi connectivity index (χ1v) is 6.87. The molecule has 1 amide bonds. The minimum Gasteiger partial charge on any atom is -0.468 e. The molecule has 1 atom stereocenters. The van der Waals surface area contributed by atoms with Crippen molar-refractivity contribution in [1.82, 2.24) is 5.32 Å². The van der Waals surface area contributed by atoms with Gasteiger partial charge in [0.05, 0.1) is 12.3 Å². The molecule has 1 fully saturated rings. The Morgan fingerprint density at radius 1 is 1.71 bits per heavy atom. The third-order valence-electron chi connectivity index (χ3n) is 2.83. The molecule has 0 aliphatic heterocycles. The summed E-state index contributed by atoms with van der Waals surface area (Å²) in [4.78, 5) is 12.4. The van der Waals surface area contributed by atoms with Crippen LogP contribution in [0.1, 0.15) is 25.0 Å². The molecule has 1 aromatic rings. The molecular weight excluding hydrogens is 236 g/mol. The predicted molar refractivity (Wildman–Crippen MR) is 67.9 cm³/mol. The van der Waals surface area contributed by atoms with E-state index >= 15 is 0 Å². The number of nitrogens with one attached hydrogen (secondary N) is 1. The fourth-order valence-corrected chi connectivity index (χ4v) is 2.63. The summed E-state index contributed by atoms with van der Waals surface area (Å²) in [7, 11) is 0. The third-order valence-corrected chi connectivity index (χ3v) is 4.01. The minimum absolute atomic E-state index is 0.192. The van der Waals surface area contributed by atoms with Crippen LogP contribution in [0.4, 0.5) is 0 Å². The van der Waals surface area contributed by atoms with Gasteiger partial charge in [-0.15, -0.1) is 11.8 Å². The lowest BCUT2D eigenvalue weighted by Crippen LogP contribution is -2.42. The van der Waals surface area contributed by atoms with Crippen molar-refractivity contribution in [3.8, 4) is 0 Å². The Bertz CT molecular complexity index is 388. The molecule has 0 bridgehead atoms. The van der Waals surface area contributed by atoms with Crippen molar-refractivity contribution in [3.05, 3.63) is 18.1 Å². The van der Waals surface area contributed by atoms with Gasteiger partial charge in [0.25, 0.3) is 0 Å². The van der Waals surface area contributed by atoms with Crippen molar-refractivity contribution < 1.29 is 9.21 Å². The second kappa shape index (κ2) is 5.60. The van der Waals surface area contributed by atoms with E-state index in [1.54, 1.807) is 18.0 Å². The van der Waals surface area contributed by atoms with Crippen LogP contribution in [0.2, 0.25) is 0 Å². The zero-order chi connectivity index (χ0) is 12.3. The summed E-state index contributed by atoms with van der Waals surface area (Å²) in [5.74, 6) is 1.55. The molecule has 1 heterocycles. The average molecular weight is 254 g/mol. The molecule has 0 radical (unpaired) electrons. The lowest BCUT2D eigenvalue weighted by atomic mass is 10.2. The molecule has 1 aliphatic rings. The summed E-state index contributed by atoms with van der Waals surface area (Å²) in [6.45, 7) is 1.94. The highest BCUT2D eigenvalue weighted by atomic mass is 32.2. The molecule has 1 saturated carbocycles. The monoisotopic (exact) mass is 254 g/mol. The van der Waals surface area contributed by atoms with Crippen molar-refractivity contribution in [3.63, 3.8) is 0 Å². The molecule has 0 saturated heterocycles. The molecule has 94 valence electrons. The van der Waals surface area contributed by atoms with E-state index < -0.39 is 0 Å². The number of carbonyl (C=O) groups excluding carboxylic acids is 1. The molecule has 4 nitrogen and oxygen atoms in total. The maximum atomic E-state index is 11.3. The van der Waals surface area contributed by atoms with E-state index in [-0.39, 0.29) is 11.9 Å². The van der Waals surface area contributed by atoms with Gasteiger partial charge < -0.3 is 15.5 Å². The van der Waals surface area contributed by atoms with Gasteiger partial charge in [0.15, 0.2) is 0 Å². The van der Waals surface area contributed by atoms with Crippen molar-refractivity contribution in [2.75, 3.05) is 5.75 Å². The number of hydrogen-bond acceptors (Lipinski definition) is 4.